The lowest BCUT2D eigenvalue weighted by atomic mass is 10.1. The summed E-state index contributed by atoms with van der Waals surface area (Å²) in [4.78, 5) is 24.9. The Bertz CT molecular complexity index is 996. The SMILES string of the molecule is COc1cccc2c(=O)n(CC(=O)NC(C)c3ccc(C)cc3)nnc12. The lowest BCUT2D eigenvalue weighted by molar-refractivity contribution is -0.122. The lowest BCUT2D eigenvalue weighted by Crippen LogP contribution is -2.35. The molecule has 1 atom stereocenters. The molecule has 2 aromatic carbocycles. The molecule has 0 radical (unpaired) electrons. The summed E-state index contributed by atoms with van der Waals surface area (Å²) in [7, 11) is 1.50. The monoisotopic (exact) mass is 352 g/mol. The normalized spacial score (nSPS) is 12.0. The molecule has 0 spiro atoms. The maximum absolute atomic E-state index is 12.6. The molecule has 0 aliphatic rings. The van der Waals surface area contributed by atoms with Crippen LogP contribution in [0.4, 0.5) is 0 Å². The van der Waals surface area contributed by atoms with Gasteiger partial charge in [0, 0.05) is 0 Å². The fourth-order valence-corrected chi connectivity index (χ4v) is 2.71. The maximum atomic E-state index is 12.6. The van der Waals surface area contributed by atoms with Gasteiger partial charge in [0.1, 0.15) is 17.8 Å². The molecular weight excluding hydrogens is 332 g/mol. The van der Waals surface area contributed by atoms with E-state index in [1.807, 2.05) is 38.1 Å². The summed E-state index contributed by atoms with van der Waals surface area (Å²) in [6.45, 7) is 3.70. The number of aryl methyl sites for hydroxylation is 1. The minimum absolute atomic E-state index is 0.174. The van der Waals surface area contributed by atoms with Gasteiger partial charge in [0.25, 0.3) is 5.56 Å². The van der Waals surface area contributed by atoms with Gasteiger partial charge in [-0.25, -0.2) is 4.68 Å². The first kappa shape index (κ1) is 17.6. The third kappa shape index (κ3) is 3.56. The van der Waals surface area contributed by atoms with Gasteiger partial charge in [0.15, 0.2) is 0 Å². The molecule has 1 unspecified atom stereocenters. The number of nitrogens with one attached hydrogen (secondary N) is 1. The highest BCUT2D eigenvalue weighted by atomic mass is 16.5. The topological polar surface area (TPSA) is 86.1 Å². The Morgan fingerprint density at radius 1 is 1.23 bits per heavy atom. The van der Waals surface area contributed by atoms with Gasteiger partial charge in [-0.3, -0.25) is 9.59 Å². The maximum Gasteiger partial charge on any atom is 0.278 e. The molecule has 3 aromatic rings. The first-order valence-electron chi connectivity index (χ1n) is 8.26. The van der Waals surface area contributed by atoms with Crippen molar-refractivity contribution in [2.45, 2.75) is 26.4 Å². The predicted octanol–water partition coefficient (Wildman–Crippen LogP) is 1.99. The minimum atomic E-state index is -0.382. The largest absolute Gasteiger partial charge is 0.494 e. The Balaban J connectivity index is 1.78. The molecule has 7 heteroatoms. The van der Waals surface area contributed by atoms with Crippen LogP contribution in [0.25, 0.3) is 10.9 Å². The van der Waals surface area contributed by atoms with Crippen LogP contribution in [-0.4, -0.2) is 28.0 Å². The number of amides is 1. The number of hydrogen-bond acceptors (Lipinski definition) is 5. The number of fused-ring (bicyclic) bond motifs is 1. The van der Waals surface area contributed by atoms with Gasteiger partial charge in [0.2, 0.25) is 5.91 Å². The first-order chi connectivity index (χ1) is 12.5. The van der Waals surface area contributed by atoms with Crippen molar-refractivity contribution in [2.75, 3.05) is 7.11 Å². The average molecular weight is 352 g/mol. The number of hydrogen-bond donors (Lipinski definition) is 1. The third-order valence-electron chi connectivity index (χ3n) is 4.18. The van der Waals surface area contributed by atoms with Gasteiger partial charge >= 0.3 is 0 Å². The second-order valence-corrected chi connectivity index (χ2v) is 6.11. The van der Waals surface area contributed by atoms with Crippen LogP contribution in [0, 0.1) is 6.92 Å². The number of carbonyl (C=O) groups excluding carboxylic acids is 1. The molecule has 1 amide bonds. The third-order valence-corrected chi connectivity index (χ3v) is 4.18. The molecule has 3 rings (SSSR count). The zero-order chi connectivity index (χ0) is 18.7. The molecule has 0 saturated carbocycles. The van der Waals surface area contributed by atoms with Gasteiger partial charge in [-0.2, -0.15) is 0 Å². The zero-order valence-electron chi connectivity index (χ0n) is 14.9. The van der Waals surface area contributed by atoms with Crippen LogP contribution in [0.15, 0.2) is 47.3 Å². The molecule has 0 aliphatic heterocycles. The van der Waals surface area contributed by atoms with Gasteiger partial charge in [0.05, 0.1) is 18.5 Å². The highest BCUT2D eigenvalue weighted by molar-refractivity contribution is 5.83. The fourth-order valence-electron chi connectivity index (χ4n) is 2.71. The Labute approximate surface area is 150 Å². The summed E-state index contributed by atoms with van der Waals surface area (Å²) in [6.07, 6.45) is 0. The van der Waals surface area contributed by atoms with Crippen molar-refractivity contribution >= 4 is 16.8 Å². The Kier molecular flexibility index (Phi) is 4.97. The number of carbonyl (C=O) groups is 1. The smallest absolute Gasteiger partial charge is 0.278 e. The molecule has 0 fully saturated rings. The zero-order valence-corrected chi connectivity index (χ0v) is 14.9. The van der Waals surface area contributed by atoms with Crippen LogP contribution >= 0.6 is 0 Å². The van der Waals surface area contributed by atoms with E-state index in [9.17, 15) is 9.59 Å². The predicted molar refractivity (Wildman–Crippen MR) is 98.1 cm³/mol. The standard InChI is InChI=1S/C19H20N4O3/c1-12-7-9-14(10-8-12)13(2)20-17(24)11-23-19(25)15-5-4-6-16(26-3)18(15)21-22-23/h4-10,13H,11H2,1-3H3,(H,20,24). The van der Waals surface area contributed by atoms with E-state index >= 15 is 0 Å². The highest BCUT2D eigenvalue weighted by Crippen LogP contribution is 2.19. The van der Waals surface area contributed by atoms with Gasteiger partial charge in [-0.15, -0.1) is 5.10 Å². The van der Waals surface area contributed by atoms with Crippen LogP contribution in [0.1, 0.15) is 24.1 Å². The van der Waals surface area contributed by atoms with Crippen LogP contribution in [0.5, 0.6) is 5.75 Å². The van der Waals surface area contributed by atoms with Crippen molar-refractivity contribution in [1.82, 2.24) is 20.3 Å². The minimum Gasteiger partial charge on any atom is -0.494 e. The van der Waals surface area contributed by atoms with E-state index in [1.165, 1.54) is 7.11 Å². The van der Waals surface area contributed by atoms with Crippen molar-refractivity contribution in [3.8, 4) is 5.75 Å². The molecular formula is C19H20N4O3. The molecule has 134 valence electrons. The molecule has 0 aliphatic carbocycles. The number of nitrogens with zero attached hydrogens (tertiary/aromatic N) is 3. The van der Waals surface area contributed by atoms with Crippen LogP contribution in [0.3, 0.4) is 0 Å². The van der Waals surface area contributed by atoms with E-state index in [0.29, 0.717) is 16.7 Å². The van der Waals surface area contributed by atoms with E-state index < -0.39 is 0 Å². The summed E-state index contributed by atoms with van der Waals surface area (Å²) >= 11 is 0. The quantitative estimate of drug-likeness (QED) is 0.759. The van der Waals surface area contributed by atoms with Crippen molar-refractivity contribution in [1.29, 1.82) is 0 Å². The van der Waals surface area contributed by atoms with Crippen LogP contribution in [-0.2, 0) is 11.3 Å². The van der Waals surface area contributed by atoms with Crippen molar-refractivity contribution in [2.24, 2.45) is 0 Å². The van der Waals surface area contributed by atoms with Crippen molar-refractivity contribution in [3.63, 3.8) is 0 Å². The summed E-state index contributed by atoms with van der Waals surface area (Å²) in [5, 5.41) is 11.1. The molecule has 0 saturated heterocycles. The Morgan fingerprint density at radius 3 is 2.65 bits per heavy atom. The van der Waals surface area contributed by atoms with E-state index in [4.69, 9.17) is 4.74 Å². The van der Waals surface area contributed by atoms with Gasteiger partial charge in [-0.05, 0) is 31.5 Å². The highest BCUT2D eigenvalue weighted by Gasteiger charge is 2.14. The molecule has 1 heterocycles. The summed E-state index contributed by atoms with van der Waals surface area (Å²) < 4.78 is 6.24. The number of methoxy groups -OCH3 is 1. The number of rotatable bonds is 5. The molecule has 26 heavy (non-hydrogen) atoms. The number of aromatic nitrogens is 3. The van der Waals surface area contributed by atoms with Gasteiger partial charge < -0.3 is 10.1 Å². The second-order valence-electron chi connectivity index (χ2n) is 6.11. The van der Waals surface area contributed by atoms with E-state index in [2.05, 4.69) is 15.6 Å². The lowest BCUT2D eigenvalue weighted by Gasteiger charge is -2.15. The summed E-state index contributed by atoms with van der Waals surface area (Å²) in [5.41, 5.74) is 2.14. The first-order valence-corrected chi connectivity index (χ1v) is 8.26. The molecule has 1 N–H and O–H groups in total. The average Bonchev–Trinajstić information content (AvgIpc) is 2.64. The Hall–Kier alpha value is -3.22. The van der Waals surface area contributed by atoms with E-state index in [1.54, 1.807) is 18.2 Å². The van der Waals surface area contributed by atoms with E-state index in [-0.39, 0.29) is 24.1 Å². The van der Waals surface area contributed by atoms with Crippen LogP contribution in [0.2, 0.25) is 0 Å². The van der Waals surface area contributed by atoms with Crippen molar-refractivity contribution in [3.05, 3.63) is 63.9 Å². The van der Waals surface area contributed by atoms with E-state index in [0.717, 1.165) is 15.8 Å². The van der Waals surface area contributed by atoms with Crippen molar-refractivity contribution < 1.29 is 9.53 Å². The summed E-state index contributed by atoms with van der Waals surface area (Å²) in [5.74, 6) is 0.161. The second kappa shape index (κ2) is 7.35. The van der Waals surface area contributed by atoms with Crippen LogP contribution < -0.4 is 15.6 Å². The number of benzene rings is 2. The Morgan fingerprint density at radius 2 is 1.96 bits per heavy atom. The molecule has 7 nitrogen and oxygen atoms in total. The van der Waals surface area contributed by atoms with Gasteiger partial charge in [-0.1, -0.05) is 41.1 Å². The molecule has 0 bridgehead atoms. The summed E-state index contributed by atoms with van der Waals surface area (Å²) in [6, 6.07) is 12.8. The molecule has 1 aromatic heterocycles. The number of ether oxygens (including phenoxy) is 1. The fraction of sp³-hybridized carbons (Fsp3) is 0.263.